The molecular formula is C30H35NO2S. The Balaban J connectivity index is 1.41. The quantitative estimate of drug-likeness (QED) is 0.323. The number of nitrogens with one attached hydrogen (secondary N) is 1. The van der Waals surface area contributed by atoms with E-state index in [1.807, 2.05) is 12.1 Å². The summed E-state index contributed by atoms with van der Waals surface area (Å²) in [4.78, 5) is 11.4. The van der Waals surface area contributed by atoms with Gasteiger partial charge in [0, 0.05) is 6.42 Å². The summed E-state index contributed by atoms with van der Waals surface area (Å²) in [6, 6.07) is 21.5. The van der Waals surface area contributed by atoms with Crippen LogP contribution in [0.1, 0.15) is 66.2 Å². The summed E-state index contributed by atoms with van der Waals surface area (Å²) in [6.45, 7) is 9.57. The van der Waals surface area contributed by atoms with Crippen molar-refractivity contribution >= 4 is 17.9 Å². The molecule has 1 aliphatic heterocycles. The van der Waals surface area contributed by atoms with Crippen LogP contribution in [-0.2, 0) is 17.8 Å². The van der Waals surface area contributed by atoms with Crippen LogP contribution in [0.2, 0.25) is 0 Å². The van der Waals surface area contributed by atoms with Gasteiger partial charge in [-0.2, -0.15) is 0 Å². The molecular weight excluding hydrogens is 438 g/mol. The second-order valence-corrected chi connectivity index (χ2v) is 10.8. The molecule has 1 N–H and O–H groups in total. The smallest absolute Gasteiger partial charge is 0.231 e. The zero-order chi connectivity index (χ0) is 24.1. The highest BCUT2D eigenvalue weighted by atomic mass is 32.2. The number of amides is 1. The van der Waals surface area contributed by atoms with Crippen LogP contribution in [0.25, 0.3) is 11.1 Å². The van der Waals surface area contributed by atoms with Gasteiger partial charge in [0.15, 0.2) is 0 Å². The van der Waals surface area contributed by atoms with Crippen LogP contribution in [0.4, 0.5) is 0 Å². The van der Waals surface area contributed by atoms with Crippen molar-refractivity contribution in [1.29, 1.82) is 0 Å². The molecule has 3 aromatic rings. The zero-order valence-electron chi connectivity index (χ0n) is 20.7. The van der Waals surface area contributed by atoms with E-state index in [9.17, 15) is 4.79 Å². The van der Waals surface area contributed by atoms with E-state index in [2.05, 4.69) is 80.9 Å². The van der Waals surface area contributed by atoms with E-state index < -0.39 is 0 Å². The average Bonchev–Trinajstić information content (AvgIpc) is 3.26. The molecule has 1 atom stereocenters. The Bertz CT molecular complexity index is 1140. The fraction of sp³-hybridized carbons (Fsp3) is 0.367. The first-order valence-electron chi connectivity index (χ1n) is 12.3. The Morgan fingerprint density at radius 3 is 2.53 bits per heavy atom. The molecule has 34 heavy (non-hydrogen) atoms. The minimum atomic E-state index is 0.0985. The standard InChI is InChI=1S/C30H35NO2S/c1-20(2)7-5-9-25-15-22(4)28(16-21(25)3)26-10-6-8-23(17-26)19-33-27-13-11-24(12-14-27)29-18-30(32)31-34-29/h6,8,10-17,20,29H,5,7,9,18-19H2,1-4H3,(H,31,32). The third-order valence-corrected chi connectivity index (χ3v) is 7.56. The second-order valence-electron chi connectivity index (χ2n) is 9.77. The van der Waals surface area contributed by atoms with E-state index in [-0.39, 0.29) is 11.2 Å². The van der Waals surface area contributed by atoms with Gasteiger partial charge in [0.2, 0.25) is 5.91 Å². The van der Waals surface area contributed by atoms with Gasteiger partial charge in [0.1, 0.15) is 12.4 Å². The van der Waals surface area contributed by atoms with Gasteiger partial charge in [-0.3, -0.25) is 9.52 Å². The number of benzene rings is 3. The van der Waals surface area contributed by atoms with Crippen LogP contribution in [0.5, 0.6) is 5.75 Å². The Morgan fingerprint density at radius 2 is 1.82 bits per heavy atom. The highest BCUT2D eigenvalue weighted by Crippen LogP contribution is 2.35. The van der Waals surface area contributed by atoms with Gasteiger partial charge < -0.3 is 4.74 Å². The Labute approximate surface area is 208 Å². The fourth-order valence-corrected chi connectivity index (χ4v) is 5.39. The molecule has 1 fully saturated rings. The maximum Gasteiger partial charge on any atom is 0.231 e. The number of rotatable bonds is 9. The van der Waals surface area contributed by atoms with Crippen molar-refractivity contribution in [2.24, 2.45) is 5.92 Å². The van der Waals surface area contributed by atoms with Crippen molar-refractivity contribution in [2.75, 3.05) is 0 Å². The highest BCUT2D eigenvalue weighted by molar-refractivity contribution is 7.98. The molecule has 4 rings (SSSR count). The molecule has 0 spiro atoms. The van der Waals surface area contributed by atoms with Gasteiger partial charge in [0.05, 0.1) is 5.25 Å². The van der Waals surface area contributed by atoms with Gasteiger partial charge in [-0.05, 0) is 102 Å². The molecule has 0 radical (unpaired) electrons. The largest absolute Gasteiger partial charge is 0.489 e. The monoisotopic (exact) mass is 473 g/mol. The number of aryl methyl sites for hydroxylation is 3. The lowest BCUT2D eigenvalue weighted by molar-refractivity contribution is -0.118. The van der Waals surface area contributed by atoms with Crippen LogP contribution in [0.3, 0.4) is 0 Å². The number of carbonyl (C=O) groups excluding carboxylic acids is 1. The lowest BCUT2D eigenvalue weighted by Crippen LogP contribution is -2.05. The number of hydrogen-bond donors (Lipinski definition) is 1. The molecule has 0 aromatic heterocycles. The van der Waals surface area contributed by atoms with Gasteiger partial charge in [0.25, 0.3) is 0 Å². The van der Waals surface area contributed by atoms with Crippen LogP contribution >= 0.6 is 11.9 Å². The molecule has 1 aliphatic rings. The van der Waals surface area contributed by atoms with Gasteiger partial charge in [-0.25, -0.2) is 0 Å². The molecule has 1 saturated heterocycles. The topological polar surface area (TPSA) is 38.3 Å². The molecule has 1 unspecified atom stereocenters. The first-order valence-corrected chi connectivity index (χ1v) is 13.1. The van der Waals surface area contributed by atoms with Crippen LogP contribution in [-0.4, -0.2) is 5.91 Å². The van der Waals surface area contributed by atoms with Crippen molar-refractivity contribution in [2.45, 2.75) is 65.2 Å². The van der Waals surface area contributed by atoms with Crippen LogP contribution in [0, 0.1) is 19.8 Å². The lowest BCUT2D eigenvalue weighted by Gasteiger charge is -2.14. The molecule has 4 heteroatoms. The number of carbonyl (C=O) groups is 1. The molecule has 3 aromatic carbocycles. The third kappa shape index (κ3) is 6.24. The van der Waals surface area contributed by atoms with Crippen molar-refractivity contribution < 1.29 is 9.53 Å². The maximum absolute atomic E-state index is 11.4. The van der Waals surface area contributed by atoms with E-state index in [1.165, 1.54) is 52.6 Å². The SMILES string of the molecule is Cc1cc(-c2cccc(COc3ccc(C4CC(=O)NS4)cc3)c2)c(C)cc1CCCC(C)C. The molecule has 0 aliphatic carbocycles. The molecule has 0 saturated carbocycles. The molecule has 178 valence electrons. The summed E-state index contributed by atoms with van der Waals surface area (Å²) in [5, 5.41) is 0.187. The summed E-state index contributed by atoms with van der Waals surface area (Å²) in [5.74, 6) is 1.70. The fourth-order valence-electron chi connectivity index (χ4n) is 4.51. The van der Waals surface area contributed by atoms with Crippen molar-refractivity contribution in [1.82, 2.24) is 4.72 Å². The lowest BCUT2D eigenvalue weighted by atomic mass is 9.92. The highest BCUT2D eigenvalue weighted by Gasteiger charge is 2.24. The molecule has 1 heterocycles. The Morgan fingerprint density at radius 1 is 1.03 bits per heavy atom. The second kappa shape index (κ2) is 11.1. The minimum Gasteiger partial charge on any atom is -0.489 e. The summed E-state index contributed by atoms with van der Waals surface area (Å²) < 4.78 is 8.89. The first kappa shape index (κ1) is 24.4. The van der Waals surface area contributed by atoms with E-state index in [1.54, 1.807) is 0 Å². The minimum absolute atomic E-state index is 0.0985. The Kier molecular flexibility index (Phi) is 7.99. The molecule has 1 amide bonds. The predicted octanol–water partition coefficient (Wildman–Crippen LogP) is 7.74. The average molecular weight is 474 g/mol. The molecule has 0 bridgehead atoms. The van der Waals surface area contributed by atoms with Crippen LogP contribution < -0.4 is 9.46 Å². The normalized spacial score (nSPS) is 15.6. The van der Waals surface area contributed by atoms with E-state index in [0.29, 0.717) is 13.0 Å². The van der Waals surface area contributed by atoms with E-state index in [4.69, 9.17) is 4.74 Å². The van der Waals surface area contributed by atoms with Gasteiger partial charge in [-0.15, -0.1) is 0 Å². The van der Waals surface area contributed by atoms with Crippen molar-refractivity contribution in [3.63, 3.8) is 0 Å². The van der Waals surface area contributed by atoms with Gasteiger partial charge >= 0.3 is 0 Å². The summed E-state index contributed by atoms with van der Waals surface area (Å²) >= 11 is 1.49. The van der Waals surface area contributed by atoms with Crippen LogP contribution in [0.15, 0.2) is 60.7 Å². The number of hydrogen-bond acceptors (Lipinski definition) is 3. The molecule has 3 nitrogen and oxygen atoms in total. The van der Waals surface area contributed by atoms with E-state index in [0.717, 1.165) is 29.2 Å². The van der Waals surface area contributed by atoms with Gasteiger partial charge in [-0.1, -0.05) is 62.7 Å². The summed E-state index contributed by atoms with van der Waals surface area (Å²) in [6.07, 6.45) is 4.22. The number of ether oxygens (including phenoxy) is 1. The maximum atomic E-state index is 11.4. The summed E-state index contributed by atoms with van der Waals surface area (Å²) in [7, 11) is 0. The van der Waals surface area contributed by atoms with E-state index >= 15 is 0 Å². The third-order valence-electron chi connectivity index (χ3n) is 6.49. The Hall–Kier alpha value is -2.72. The predicted molar refractivity (Wildman–Crippen MR) is 143 cm³/mol. The summed E-state index contributed by atoms with van der Waals surface area (Å²) in [5.41, 5.74) is 9.02. The van der Waals surface area contributed by atoms with Crippen molar-refractivity contribution in [3.05, 3.63) is 88.5 Å². The first-order chi connectivity index (χ1) is 16.4. The van der Waals surface area contributed by atoms with Crippen molar-refractivity contribution in [3.8, 4) is 16.9 Å². The zero-order valence-corrected chi connectivity index (χ0v) is 21.5.